The number of ether oxygens (including phenoxy) is 1. The van der Waals surface area contributed by atoms with Gasteiger partial charge in [-0.15, -0.1) is 0 Å². The quantitative estimate of drug-likeness (QED) is 0.596. The number of hydrogen-bond acceptors (Lipinski definition) is 2. The molecule has 3 nitrogen and oxygen atoms in total. The molecular weight excluding hydrogens is 355 g/mol. The van der Waals surface area contributed by atoms with Gasteiger partial charge in [0.15, 0.2) is 0 Å². The van der Waals surface area contributed by atoms with E-state index in [1.165, 1.54) is 0 Å². The first-order valence-electron chi connectivity index (χ1n) is 6.87. The van der Waals surface area contributed by atoms with Crippen molar-refractivity contribution in [1.29, 1.82) is 0 Å². The summed E-state index contributed by atoms with van der Waals surface area (Å²) in [5.41, 5.74) is 3.60. The van der Waals surface area contributed by atoms with Gasteiger partial charge in [-0.05, 0) is 30.3 Å². The first kappa shape index (κ1) is 16.3. The van der Waals surface area contributed by atoms with Crippen LogP contribution in [0.1, 0.15) is 5.56 Å². The third-order valence-corrected chi connectivity index (χ3v) is 4.19. The van der Waals surface area contributed by atoms with Crippen molar-refractivity contribution >= 4 is 34.8 Å². The summed E-state index contributed by atoms with van der Waals surface area (Å²) in [6, 6.07) is 12.9. The average Bonchev–Trinajstić information content (AvgIpc) is 2.92. The maximum atomic E-state index is 6.34. The van der Waals surface area contributed by atoms with Crippen LogP contribution in [0.25, 0.3) is 16.9 Å². The van der Waals surface area contributed by atoms with Crippen molar-refractivity contribution < 1.29 is 4.74 Å². The topological polar surface area (TPSA) is 27.1 Å². The highest BCUT2D eigenvalue weighted by Crippen LogP contribution is 2.32. The predicted molar refractivity (Wildman–Crippen MR) is 94.7 cm³/mol. The third kappa shape index (κ3) is 3.38. The Balaban J connectivity index is 2.19. The van der Waals surface area contributed by atoms with Crippen LogP contribution in [-0.2, 0) is 11.3 Å². The van der Waals surface area contributed by atoms with Crippen molar-refractivity contribution in [2.75, 3.05) is 7.11 Å². The summed E-state index contributed by atoms with van der Waals surface area (Å²) in [5.74, 6) is 0. The van der Waals surface area contributed by atoms with Gasteiger partial charge in [-0.1, -0.05) is 46.9 Å². The monoisotopic (exact) mass is 366 g/mol. The van der Waals surface area contributed by atoms with Crippen LogP contribution in [0.2, 0.25) is 15.1 Å². The Morgan fingerprint density at radius 2 is 1.70 bits per heavy atom. The molecule has 0 radical (unpaired) electrons. The minimum atomic E-state index is 0.448. The van der Waals surface area contributed by atoms with Gasteiger partial charge in [0.1, 0.15) is 0 Å². The highest BCUT2D eigenvalue weighted by atomic mass is 35.5. The second-order valence-electron chi connectivity index (χ2n) is 4.97. The number of benzene rings is 2. The van der Waals surface area contributed by atoms with Crippen LogP contribution in [0, 0.1) is 0 Å². The Morgan fingerprint density at radius 1 is 1.00 bits per heavy atom. The third-order valence-electron chi connectivity index (χ3n) is 3.40. The van der Waals surface area contributed by atoms with Crippen LogP contribution < -0.4 is 0 Å². The minimum absolute atomic E-state index is 0.448. The van der Waals surface area contributed by atoms with Crippen LogP contribution in [-0.4, -0.2) is 16.9 Å². The number of nitrogens with zero attached hydrogens (tertiary/aromatic N) is 2. The normalized spacial score (nSPS) is 11.0. The van der Waals surface area contributed by atoms with Gasteiger partial charge in [0, 0.05) is 28.3 Å². The Morgan fingerprint density at radius 3 is 2.35 bits per heavy atom. The highest BCUT2D eigenvalue weighted by molar-refractivity contribution is 6.35. The largest absolute Gasteiger partial charge is 0.380 e. The van der Waals surface area contributed by atoms with Gasteiger partial charge in [-0.2, -0.15) is 5.10 Å². The molecule has 3 rings (SSSR count). The molecule has 2 aromatic carbocycles. The fourth-order valence-corrected chi connectivity index (χ4v) is 3.01. The van der Waals surface area contributed by atoms with Gasteiger partial charge in [0.2, 0.25) is 0 Å². The molecule has 0 fully saturated rings. The lowest BCUT2D eigenvalue weighted by atomic mass is 10.1. The van der Waals surface area contributed by atoms with E-state index in [1.54, 1.807) is 30.1 Å². The van der Waals surface area contributed by atoms with Gasteiger partial charge in [0.05, 0.1) is 29.2 Å². The van der Waals surface area contributed by atoms with E-state index in [0.717, 1.165) is 22.5 Å². The number of aromatic nitrogens is 2. The number of hydrogen-bond donors (Lipinski definition) is 0. The zero-order valence-corrected chi connectivity index (χ0v) is 14.5. The van der Waals surface area contributed by atoms with Gasteiger partial charge in [-0.25, -0.2) is 4.68 Å². The zero-order valence-electron chi connectivity index (χ0n) is 12.3. The van der Waals surface area contributed by atoms with Crippen LogP contribution in [0.3, 0.4) is 0 Å². The lowest BCUT2D eigenvalue weighted by Crippen LogP contribution is -2.01. The van der Waals surface area contributed by atoms with E-state index in [2.05, 4.69) is 5.10 Å². The Bertz CT molecular complexity index is 828. The smallest absolute Gasteiger partial charge is 0.0840 e. The maximum absolute atomic E-state index is 6.34. The summed E-state index contributed by atoms with van der Waals surface area (Å²) in [4.78, 5) is 0. The molecule has 0 aliphatic heterocycles. The fraction of sp³-hybridized carbons (Fsp3) is 0.118. The van der Waals surface area contributed by atoms with E-state index >= 15 is 0 Å². The van der Waals surface area contributed by atoms with Gasteiger partial charge in [0.25, 0.3) is 0 Å². The second kappa shape index (κ2) is 6.93. The molecule has 1 heterocycles. The van der Waals surface area contributed by atoms with E-state index < -0.39 is 0 Å². The first-order valence-corrected chi connectivity index (χ1v) is 8.00. The SMILES string of the molecule is COCc1cnn(-c2ccc(Cl)cc2Cl)c1-c1ccc(Cl)cc1. The predicted octanol–water partition coefficient (Wildman–Crippen LogP) is 5.65. The molecule has 0 spiro atoms. The molecule has 1 aromatic heterocycles. The van der Waals surface area contributed by atoms with Crippen LogP contribution in [0.15, 0.2) is 48.7 Å². The number of rotatable bonds is 4. The second-order valence-corrected chi connectivity index (χ2v) is 6.25. The van der Waals surface area contributed by atoms with Crippen molar-refractivity contribution in [3.05, 3.63) is 69.3 Å². The molecule has 0 amide bonds. The highest BCUT2D eigenvalue weighted by Gasteiger charge is 2.16. The van der Waals surface area contributed by atoms with Crippen molar-refractivity contribution in [3.63, 3.8) is 0 Å². The lowest BCUT2D eigenvalue weighted by molar-refractivity contribution is 0.185. The molecule has 23 heavy (non-hydrogen) atoms. The van der Waals surface area contributed by atoms with E-state index in [9.17, 15) is 0 Å². The summed E-state index contributed by atoms with van der Waals surface area (Å²) in [6.07, 6.45) is 1.78. The molecule has 6 heteroatoms. The summed E-state index contributed by atoms with van der Waals surface area (Å²) >= 11 is 18.3. The number of methoxy groups -OCH3 is 1. The molecule has 118 valence electrons. The summed E-state index contributed by atoms with van der Waals surface area (Å²) in [7, 11) is 1.65. The zero-order chi connectivity index (χ0) is 16.4. The molecule has 0 aliphatic rings. The fourth-order valence-electron chi connectivity index (χ4n) is 2.39. The van der Waals surface area contributed by atoms with Crippen molar-refractivity contribution in [1.82, 2.24) is 9.78 Å². The van der Waals surface area contributed by atoms with Crippen LogP contribution in [0.5, 0.6) is 0 Å². The Hall–Kier alpha value is -1.52. The van der Waals surface area contributed by atoms with E-state index in [-0.39, 0.29) is 0 Å². The Labute approximate surface area is 149 Å². The molecule has 0 aliphatic carbocycles. The molecule has 0 N–H and O–H groups in total. The van der Waals surface area contributed by atoms with Gasteiger partial charge < -0.3 is 4.74 Å². The first-order chi connectivity index (χ1) is 11.1. The maximum Gasteiger partial charge on any atom is 0.0840 e. The summed E-state index contributed by atoms with van der Waals surface area (Å²) in [5, 5.41) is 6.26. The van der Waals surface area contributed by atoms with Gasteiger partial charge in [-0.3, -0.25) is 0 Å². The molecule has 3 aromatic rings. The lowest BCUT2D eigenvalue weighted by Gasteiger charge is -2.12. The standard InChI is InChI=1S/C17H13Cl3N2O/c1-23-10-12-9-21-22(16-7-6-14(19)8-15(16)20)17(12)11-2-4-13(18)5-3-11/h2-9H,10H2,1H3. The summed E-state index contributed by atoms with van der Waals surface area (Å²) < 4.78 is 7.07. The van der Waals surface area contributed by atoms with Crippen LogP contribution in [0.4, 0.5) is 0 Å². The number of halogens is 3. The van der Waals surface area contributed by atoms with E-state index in [4.69, 9.17) is 39.5 Å². The van der Waals surface area contributed by atoms with Crippen molar-refractivity contribution in [2.24, 2.45) is 0 Å². The Kier molecular flexibility index (Phi) is 4.93. The van der Waals surface area contributed by atoms with E-state index in [1.807, 2.05) is 30.3 Å². The molecular formula is C17H13Cl3N2O. The molecule has 0 unspecified atom stereocenters. The summed E-state index contributed by atoms with van der Waals surface area (Å²) in [6.45, 7) is 0.448. The van der Waals surface area contributed by atoms with Crippen molar-refractivity contribution in [2.45, 2.75) is 6.61 Å². The van der Waals surface area contributed by atoms with Crippen LogP contribution >= 0.6 is 34.8 Å². The van der Waals surface area contributed by atoms with Crippen molar-refractivity contribution in [3.8, 4) is 16.9 Å². The van der Waals surface area contributed by atoms with Gasteiger partial charge >= 0.3 is 0 Å². The minimum Gasteiger partial charge on any atom is -0.380 e. The molecule has 0 atom stereocenters. The molecule has 0 saturated heterocycles. The average molecular weight is 368 g/mol. The molecule has 0 saturated carbocycles. The molecule has 0 bridgehead atoms. The van der Waals surface area contributed by atoms with E-state index in [0.29, 0.717) is 21.7 Å².